The SMILES string of the molecule is CON(C)C(=O)/C=C/C=C(\C)[C@@H]1C/C=C/C=C/CC(C)C(O)[C@@H](CCC(C)=O)C(=O)NC(C(C)C)C(=O)NC(Cc2ccc(F)c(F)c2)C(=O)N2CCCC(N2)C(=O)O1. The quantitative estimate of drug-likeness (QED) is 0.117. The van der Waals surface area contributed by atoms with Crippen molar-refractivity contribution in [3.05, 3.63) is 83.5 Å². The van der Waals surface area contributed by atoms with E-state index in [1.807, 2.05) is 6.08 Å². The van der Waals surface area contributed by atoms with Gasteiger partial charge in [-0.1, -0.05) is 63.3 Å². The number of amides is 4. The molecule has 0 radical (unpaired) electrons. The number of aliphatic hydroxyl groups is 1. The lowest BCUT2D eigenvalue weighted by molar-refractivity contribution is -0.162. The van der Waals surface area contributed by atoms with Gasteiger partial charge in [0.1, 0.15) is 30.0 Å². The van der Waals surface area contributed by atoms with E-state index in [2.05, 4.69) is 16.1 Å². The molecule has 1 aromatic rings. The summed E-state index contributed by atoms with van der Waals surface area (Å²) < 4.78 is 34.2. The number of hydrogen-bond donors (Lipinski definition) is 4. The molecule has 1 fully saturated rings. The van der Waals surface area contributed by atoms with Gasteiger partial charge in [-0.05, 0) is 74.6 Å². The van der Waals surface area contributed by atoms with Gasteiger partial charge < -0.3 is 25.3 Å². The van der Waals surface area contributed by atoms with Crippen LogP contribution in [0.3, 0.4) is 0 Å². The van der Waals surface area contributed by atoms with Crippen LogP contribution in [-0.4, -0.2) is 102 Å². The predicted octanol–water partition coefficient (Wildman–Crippen LogP) is 3.95. The summed E-state index contributed by atoms with van der Waals surface area (Å²) in [5.41, 5.74) is 3.73. The van der Waals surface area contributed by atoms with E-state index in [0.29, 0.717) is 24.8 Å². The minimum Gasteiger partial charge on any atom is -0.456 e. The first-order valence-corrected chi connectivity index (χ1v) is 19.9. The van der Waals surface area contributed by atoms with Crippen LogP contribution in [-0.2, 0) is 44.8 Å². The highest BCUT2D eigenvalue weighted by atomic mass is 19.2. The molecule has 0 aromatic heterocycles. The van der Waals surface area contributed by atoms with Crippen LogP contribution in [0.25, 0.3) is 0 Å². The molecule has 3 rings (SSSR count). The van der Waals surface area contributed by atoms with E-state index in [1.165, 1.54) is 44.3 Å². The number of cyclic esters (lactones) is 1. The van der Waals surface area contributed by atoms with Crippen molar-refractivity contribution >= 4 is 35.4 Å². The Hall–Kier alpha value is -5.06. The second kappa shape index (κ2) is 23.5. The highest BCUT2D eigenvalue weighted by Crippen LogP contribution is 2.24. The van der Waals surface area contributed by atoms with Gasteiger partial charge >= 0.3 is 5.97 Å². The van der Waals surface area contributed by atoms with Crippen LogP contribution in [0.15, 0.2) is 66.3 Å². The van der Waals surface area contributed by atoms with E-state index in [0.717, 1.165) is 17.2 Å². The summed E-state index contributed by atoms with van der Waals surface area (Å²) in [5.74, 6) is -7.58. The van der Waals surface area contributed by atoms with Crippen LogP contribution in [0.1, 0.15) is 78.7 Å². The number of carbonyl (C=O) groups is 6. The molecule has 5 unspecified atom stereocenters. The molecule has 0 saturated carbocycles. The number of carbonyl (C=O) groups excluding carboxylic acids is 6. The van der Waals surface area contributed by atoms with Crippen molar-refractivity contribution in [3.63, 3.8) is 0 Å². The Morgan fingerprint density at radius 1 is 1.05 bits per heavy atom. The van der Waals surface area contributed by atoms with Gasteiger partial charge in [-0.2, -0.15) is 0 Å². The van der Waals surface area contributed by atoms with Crippen molar-refractivity contribution in [2.24, 2.45) is 17.8 Å². The smallest absolute Gasteiger partial charge is 0.325 e. The number of allylic oxidation sites excluding steroid dienone is 5. The molecule has 59 heavy (non-hydrogen) atoms. The van der Waals surface area contributed by atoms with E-state index >= 15 is 0 Å². The standard InChI is InChI=1S/C43H59F2N5O9/c1-26(2)38-41(55)46-35(25-30-20-22-32(44)33(45)24-30)42(56)50-23-13-16-34(48-50)43(57)59-36(27(3)15-12-18-37(52)49(6)58-7)17-11-9-8-10-14-28(4)39(53)31(40(54)47-38)21-19-29(5)51/h8-12,15,18,20,22,24,26,28,31,34-36,38-39,48,53H,13-14,16-17,19,21,23,25H2,1-7H3,(H,46,55)(H,47,54)/b10-8+,11-9+,18-12+,27-15+/t28?,31-,34?,35?,36+,38?,39?/m1/s1. The van der Waals surface area contributed by atoms with Crippen molar-refractivity contribution in [1.29, 1.82) is 0 Å². The Labute approximate surface area is 345 Å². The van der Waals surface area contributed by atoms with Crippen LogP contribution in [0.4, 0.5) is 8.78 Å². The van der Waals surface area contributed by atoms with Crippen LogP contribution < -0.4 is 16.1 Å². The monoisotopic (exact) mass is 827 g/mol. The summed E-state index contributed by atoms with van der Waals surface area (Å²) in [6, 6.07) is -0.427. The number of aliphatic hydroxyl groups excluding tert-OH is 1. The van der Waals surface area contributed by atoms with Gasteiger partial charge in [-0.15, -0.1) is 0 Å². The molecule has 2 aliphatic rings. The number of halogens is 2. The lowest BCUT2D eigenvalue weighted by Gasteiger charge is -2.36. The first kappa shape index (κ1) is 48.3. The Morgan fingerprint density at radius 2 is 1.75 bits per heavy atom. The Morgan fingerprint density at radius 3 is 2.39 bits per heavy atom. The van der Waals surface area contributed by atoms with Gasteiger partial charge in [0.05, 0.1) is 19.1 Å². The molecule has 16 heteroatoms. The highest BCUT2D eigenvalue weighted by molar-refractivity contribution is 5.93. The molecular formula is C43H59F2N5O9. The number of fused-ring (bicyclic) bond motifs is 2. The molecule has 2 aliphatic heterocycles. The number of ether oxygens (including phenoxy) is 1. The number of rotatable bonds is 10. The lowest BCUT2D eigenvalue weighted by Crippen LogP contribution is -2.62. The minimum absolute atomic E-state index is 0.0174. The molecule has 1 saturated heterocycles. The first-order valence-electron chi connectivity index (χ1n) is 19.9. The average molecular weight is 828 g/mol. The molecule has 4 amide bonds. The molecule has 324 valence electrons. The van der Waals surface area contributed by atoms with E-state index in [-0.39, 0.29) is 43.6 Å². The van der Waals surface area contributed by atoms with E-state index < -0.39 is 89.3 Å². The van der Waals surface area contributed by atoms with Gasteiger partial charge in [0, 0.05) is 38.9 Å². The Kier molecular flexibility index (Phi) is 19.3. The molecule has 0 aliphatic carbocycles. The van der Waals surface area contributed by atoms with Crippen molar-refractivity contribution < 1.29 is 52.2 Å². The van der Waals surface area contributed by atoms with Gasteiger partial charge in [0.2, 0.25) is 11.8 Å². The number of benzene rings is 1. The summed E-state index contributed by atoms with van der Waals surface area (Å²) in [5, 5.41) is 19.1. The van der Waals surface area contributed by atoms with Crippen LogP contribution >= 0.6 is 0 Å². The number of hydrogen-bond acceptors (Lipinski definition) is 10. The fourth-order valence-electron chi connectivity index (χ4n) is 6.60. The maximum Gasteiger partial charge on any atom is 0.325 e. The highest BCUT2D eigenvalue weighted by Gasteiger charge is 2.38. The first-order chi connectivity index (χ1) is 27.9. The third-order valence-electron chi connectivity index (χ3n) is 10.4. The zero-order chi connectivity index (χ0) is 43.8. The molecule has 0 spiro atoms. The van der Waals surface area contributed by atoms with Gasteiger partial charge in [-0.3, -0.25) is 33.8 Å². The maximum atomic E-state index is 14.3. The van der Waals surface area contributed by atoms with Crippen molar-refractivity contribution in [2.75, 3.05) is 20.7 Å². The number of nitrogens with one attached hydrogen (secondary N) is 3. The van der Waals surface area contributed by atoms with E-state index in [1.54, 1.807) is 52.0 Å². The summed E-state index contributed by atoms with van der Waals surface area (Å²) in [6.07, 6.45) is 10.6. The molecule has 4 N–H and O–H groups in total. The fraction of sp³-hybridized carbons (Fsp3) is 0.535. The van der Waals surface area contributed by atoms with Crippen molar-refractivity contribution in [3.8, 4) is 0 Å². The van der Waals surface area contributed by atoms with Crippen molar-refractivity contribution in [2.45, 2.75) is 110 Å². The number of ketones is 1. The van der Waals surface area contributed by atoms with Crippen LogP contribution in [0.2, 0.25) is 0 Å². The predicted molar refractivity (Wildman–Crippen MR) is 215 cm³/mol. The zero-order valence-electron chi connectivity index (χ0n) is 34.9. The van der Waals surface area contributed by atoms with E-state index in [4.69, 9.17) is 9.57 Å². The summed E-state index contributed by atoms with van der Waals surface area (Å²) in [6.45, 7) is 8.39. The number of esters is 1. The second-order valence-electron chi connectivity index (χ2n) is 15.4. The molecule has 2 bridgehead atoms. The van der Waals surface area contributed by atoms with Crippen LogP contribution in [0.5, 0.6) is 0 Å². The Balaban J connectivity index is 2.06. The molecule has 1 aromatic carbocycles. The lowest BCUT2D eigenvalue weighted by atomic mass is 9.85. The van der Waals surface area contributed by atoms with Crippen molar-refractivity contribution in [1.82, 2.24) is 26.1 Å². The number of Topliss-reactive ketones (excluding diaryl/α,β-unsaturated/α-hetero) is 1. The minimum atomic E-state index is -1.37. The van der Waals surface area contributed by atoms with Gasteiger partial charge in [0.25, 0.3) is 11.8 Å². The maximum absolute atomic E-state index is 14.3. The van der Waals surface area contributed by atoms with Gasteiger partial charge in [0.15, 0.2) is 11.6 Å². The van der Waals surface area contributed by atoms with Gasteiger partial charge in [-0.25, -0.2) is 19.3 Å². The normalized spacial score (nSPS) is 26.9. The van der Waals surface area contributed by atoms with Crippen LogP contribution in [0, 0.1) is 29.4 Å². The number of hydroxylamine groups is 2. The molecular weight excluding hydrogens is 768 g/mol. The van der Waals surface area contributed by atoms with E-state index in [9.17, 15) is 42.7 Å². The molecule has 7 atom stereocenters. The topological polar surface area (TPSA) is 184 Å². The summed E-state index contributed by atoms with van der Waals surface area (Å²) in [7, 11) is 2.81. The number of likely N-dealkylation sites (N-methyl/N-ethyl adjacent to an activating group) is 1. The number of nitrogens with zero attached hydrogens (tertiary/aromatic N) is 2. The molecule has 14 nitrogen and oxygen atoms in total. The Bertz CT molecular complexity index is 1780. The average Bonchev–Trinajstić information content (AvgIpc) is 3.20. The largest absolute Gasteiger partial charge is 0.456 e. The summed E-state index contributed by atoms with van der Waals surface area (Å²) >= 11 is 0. The molecule has 2 heterocycles. The zero-order valence-corrected chi connectivity index (χ0v) is 34.9. The number of hydrazine groups is 1. The third kappa shape index (κ3) is 14.9. The third-order valence-corrected chi connectivity index (χ3v) is 10.4. The summed E-state index contributed by atoms with van der Waals surface area (Å²) in [4.78, 5) is 85.0. The second-order valence-corrected chi connectivity index (χ2v) is 15.4. The fourth-order valence-corrected chi connectivity index (χ4v) is 6.60.